The predicted molar refractivity (Wildman–Crippen MR) is 36.3 cm³/mol. The lowest BCUT2D eigenvalue weighted by Crippen LogP contribution is -2.09. The largest absolute Gasteiger partial charge is 0.330 e. The maximum atomic E-state index is 5.31. The third-order valence-electron chi connectivity index (χ3n) is 0.894. The SMILES string of the molecule is BC(C)(C)CCN. The smallest absolute Gasteiger partial charge is 0.108 e. The molecule has 42 valence electrons. The van der Waals surface area contributed by atoms with Crippen molar-refractivity contribution in [3.8, 4) is 0 Å². The van der Waals surface area contributed by atoms with Crippen molar-refractivity contribution in [3.63, 3.8) is 0 Å². The van der Waals surface area contributed by atoms with Crippen LogP contribution in [0.2, 0.25) is 5.31 Å². The van der Waals surface area contributed by atoms with Gasteiger partial charge >= 0.3 is 0 Å². The van der Waals surface area contributed by atoms with Crippen molar-refractivity contribution < 1.29 is 0 Å². The van der Waals surface area contributed by atoms with Gasteiger partial charge in [0.1, 0.15) is 7.85 Å². The van der Waals surface area contributed by atoms with E-state index in [2.05, 4.69) is 21.7 Å². The van der Waals surface area contributed by atoms with E-state index in [0.717, 1.165) is 13.0 Å². The Morgan fingerprint density at radius 2 is 2.00 bits per heavy atom. The van der Waals surface area contributed by atoms with E-state index in [1.165, 1.54) is 0 Å². The molecule has 0 aromatic rings. The summed E-state index contributed by atoms with van der Waals surface area (Å²) in [7, 11) is 2.19. The maximum absolute atomic E-state index is 5.31. The Kier molecular flexibility index (Phi) is 2.37. The highest BCUT2D eigenvalue weighted by molar-refractivity contribution is 6.14. The summed E-state index contributed by atoms with van der Waals surface area (Å²) in [6, 6.07) is 0. The average molecular weight is 99.0 g/mol. The van der Waals surface area contributed by atoms with E-state index in [-0.39, 0.29) is 0 Å². The van der Waals surface area contributed by atoms with Crippen molar-refractivity contribution >= 4 is 7.85 Å². The van der Waals surface area contributed by atoms with Crippen LogP contribution in [0, 0.1) is 0 Å². The monoisotopic (exact) mass is 99.1 g/mol. The first-order chi connectivity index (χ1) is 3.06. The van der Waals surface area contributed by atoms with Gasteiger partial charge in [-0.1, -0.05) is 19.2 Å². The quantitative estimate of drug-likeness (QED) is 0.490. The van der Waals surface area contributed by atoms with Crippen LogP contribution in [0.4, 0.5) is 0 Å². The zero-order chi connectivity index (χ0) is 5.91. The second-order valence-corrected chi connectivity index (χ2v) is 3.10. The standard InChI is InChI=1S/C5H14BN/c1-5(2,6)3-4-7/h3-4,6-7H2,1-2H3. The molecule has 0 fully saturated rings. The lowest BCUT2D eigenvalue weighted by molar-refractivity contribution is 0.622. The topological polar surface area (TPSA) is 26.0 Å². The van der Waals surface area contributed by atoms with E-state index in [4.69, 9.17) is 5.73 Å². The second-order valence-electron chi connectivity index (χ2n) is 3.10. The summed E-state index contributed by atoms with van der Waals surface area (Å²) in [5.74, 6) is 0. The van der Waals surface area contributed by atoms with Gasteiger partial charge in [0, 0.05) is 0 Å². The maximum Gasteiger partial charge on any atom is 0.108 e. The minimum absolute atomic E-state index is 0.425. The van der Waals surface area contributed by atoms with Crippen molar-refractivity contribution in [3.05, 3.63) is 0 Å². The number of hydrogen-bond donors (Lipinski definition) is 1. The minimum Gasteiger partial charge on any atom is -0.330 e. The molecule has 0 rings (SSSR count). The van der Waals surface area contributed by atoms with E-state index in [1.54, 1.807) is 0 Å². The summed E-state index contributed by atoms with van der Waals surface area (Å²) in [6.07, 6.45) is 1.12. The van der Waals surface area contributed by atoms with Gasteiger partial charge in [-0.25, -0.2) is 0 Å². The normalized spacial score (nSPS) is 11.9. The average Bonchev–Trinajstić information content (AvgIpc) is 1.30. The van der Waals surface area contributed by atoms with Crippen molar-refractivity contribution in [1.82, 2.24) is 0 Å². The predicted octanol–water partition coefficient (Wildman–Crippen LogP) is 0.167. The van der Waals surface area contributed by atoms with Gasteiger partial charge in [-0.3, -0.25) is 0 Å². The van der Waals surface area contributed by atoms with E-state index in [0.29, 0.717) is 5.31 Å². The molecule has 0 unspecified atom stereocenters. The molecule has 0 saturated carbocycles. The number of rotatable bonds is 2. The Labute approximate surface area is 46.7 Å². The first-order valence-electron chi connectivity index (χ1n) is 2.76. The van der Waals surface area contributed by atoms with Gasteiger partial charge in [0.15, 0.2) is 0 Å². The third kappa shape index (κ3) is 6.02. The first-order valence-corrected chi connectivity index (χ1v) is 2.76. The van der Waals surface area contributed by atoms with Crippen molar-refractivity contribution in [2.45, 2.75) is 25.6 Å². The Hall–Kier alpha value is 0.0249. The molecule has 1 nitrogen and oxygen atoms in total. The Morgan fingerprint density at radius 3 is 2.00 bits per heavy atom. The fourth-order valence-electron chi connectivity index (χ4n) is 0.433. The zero-order valence-corrected chi connectivity index (χ0v) is 5.49. The van der Waals surface area contributed by atoms with E-state index < -0.39 is 0 Å². The van der Waals surface area contributed by atoms with Gasteiger partial charge < -0.3 is 5.73 Å². The molecular formula is C5H14BN. The molecule has 0 spiro atoms. The lowest BCUT2D eigenvalue weighted by atomic mass is 9.70. The van der Waals surface area contributed by atoms with E-state index in [1.807, 2.05) is 0 Å². The second kappa shape index (κ2) is 2.36. The van der Waals surface area contributed by atoms with Gasteiger partial charge in [0.05, 0.1) is 0 Å². The molecule has 7 heavy (non-hydrogen) atoms. The molecule has 2 N–H and O–H groups in total. The molecule has 0 aliphatic heterocycles. The highest BCUT2D eigenvalue weighted by Crippen LogP contribution is 2.21. The van der Waals surface area contributed by atoms with Gasteiger partial charge in [-0.15, -0.1) is 0 Å². The molecule has 2 heteroatoms. The molecule has 0 aliphatic rings. The van der Waals surface area contributed by atoms with Crippen LogP contribution in [0.5, 0.6) is 0 Å². The van der Waals surface area contributed by atoms with Gasteiger partial charge in [0.25, 0.3) is 0 Å². The molecule has 0 amide bonds. The molecule has 0 heterocycles. The van der Waals surface area contributed by atoms with Crippen LogP contribution in [0.25, 0.3) is 0 Å². The minimum atomic E-state index is 0.425. The van der Waals surface area contributed by atoms with Crippen molar-refractivity contribution in [2.24, 2.45) is 5.73 Å². The molecular weight excluding hydrogens is 84.9 g/mol. The van der Waals surface area contributed by atoms with Crippen molar-refractivity contribution in [2.75, 3.05) is 6.54 Å². The summed E-state index contributed by atoms with van der Waals surface area (Å²) in [5.41, 5.74) is 5.31. The van der Waals surface area contributed by atoms with Crippen LogP contribution in [-0.4, -0.2) is 14.4 Å². The molecule has 0 bridgehead atoms. The third-order valence-corrected chi connectivity index (χ3v) is 0.894. The molecule has 0 aliphatic carbocycles. The molecule has 0 radical (unpaired) electrons. The number of hydrogen-bond acceptors (Lipinski definition) is 1. The summed E-state index contributed by atoms with van der Waals surface area (Å²) >= 11 is 0. The summed E-state index contributed by atoms with van der Waals surface area (Å²) in [4.78, 5) is 0. The van der Waals surface area contributed by atoms with Crippen LogP contribution in [0.3, 0.4) is 0 Å². The first kappa shape index (κ1) is 7.02. The summed E-state index contributed by atoms with van der Waals surface area (Å²) in [6.45, 7) is 5.20. The van der Waals surface area contributed by atoms with Gasteiger partial charge in [0.2, 0.25) is 0 Å². The Balaban J connectivity index is 3.15. The molecule has 0 aromatic heterocycles. The highest BCUT2D eigenvalue weighted by atomic mass is 14.5. The van der Waals surface area contributed by atoms with Crippen LogP contribution >= 0.6 is 0 Å². The molecule has 0 atom stereocenters. The highest BCUT2D eigenvalue weighted by Gasteiger charge is 2.06. The van der Waals surface area contributed by atoms with Crippen molar-refractivity contribution in [1.29, 1.82) is 0 Å². The molecule has 0 aromatic carbocycles. The van der Waals surface area contributed by atoms with E-state index in [9.17, 15) is 0 Å². The number of nitrogens with two attached hydrogens (primary N) is 1. The molecule has 0 saturated heterocycles. The van der Waals surface area contributed by atoms with Gasteiger partial charge in [-0.2, -0.15) is 0 Å². The van der Waals surface area contributed by atoms with Crippen LogP contribution in [0.15, 0.2) is 0 Å². The summed E-state index contributed by atoms with van der Waals surface area (Å²) < 4.78 is 0. The van der Waals surface area contributed by atoms with Crippen LogP contribution in [0.1, 0.15) is 20.3 Å². The van der Waals surface area contributed by atoms with Crippen LogP contribution in [-0.2, 0) is 0 Å². The zero-order valence-electron chi connectivity index (χ0n) is 5.49. The Morgan fingerprint density at radius 1 is 1.57 bits per heavy atom. The fourth-order valence-corrected chi connectivity index (χ4v) is 0.433. The van der Waals surface area contributed by atoms with Gasteiger partial charge in [-0.05, 0) is 13.0 Å². The fraction of sp³-hybridized carbons (Fsp3) is 1.00. The lowest BCUT2D eigenvalue weighted by Gasteiger charge is -2.15. The Bertz CT molecular complexity index is 46.5. The van der Waals surface area contributed by atoms with Crippen LogP contribution < -0.4 is 5.73 Å². The van der Waals surface area contributed by atoms with E-state index >= 15 is 0 Å². The summed E-state index contributed by atoms with van der Waals surface area (Å²) in [5, 5.41) is 0.425.